The lowest BCUT2D eigenvalue weighted by atomic mass is 9.90. The molecule has 1 heterocycles. The molecular formula is C13H19FN2O2S. The van der Waals surface area contributed by atoms with Gasteiger partial charge in [0.25, 0.3) is 0 Å². The first-order chi connectivity index (χ1) is 8.82. The Morgan fingerprint density at radius 2 is 2.00 bits per heavy atom. The van der Waals surface area contributed by atoms with Crippen LogP contribution in [0.15, 0.2) is 23.1 Å². The zero-order chi connectivity index (χ0) is 14.2. The van der Waals surface area contributed by atoms with Gasteiger partial charge in [0.1, 0.15) is 10.7 Å². The van der Waals surface area contributed by atoms with Crippen LogP contribution >= 0.6 is 0 Å². The summed E-state index contributed by atoms with van der Waals surface area (Å²) in [5, 5.41) is 0. The van der Waals surface area contributed by atoms with Crippen molar-refractivity contribution in [1.29, 1.82) is 0 Å². The minimum Gasteiger partial charge on any atom is -0.399 e. The Balaban J connectivity index is 2.32. The maximum Gasteiger partial charge on any atom is 0.245 e. The summed E-state index contributed by atoms with van der Waals surface area (Å²) in [6.07, 6.45) is 0.803. The second kappa shape index (κ2) is 5.09. The van der Waals surface area contributed by atoms with Crippen LogP contribution in [0.5, 0.6) is 0 Å². The molecule has 1 aliphatic heterocycles. The van der Waals surface area contributed by atoms with E-state index in [1.807, 2.05) is 6.92 Å². The van der Waals surface area contributed by atoms with Crippen LogP contribution in [0.25, 0.3) is 0 Å². The molecule has 2 atom stereocenters. The molecule has 0 amide bonds. The van der Waals surface area contributed by atoms with Gasteiger partial charge in [0, 0.05) is 18.8 Å². The van der Waals surface area contributed by atoms with Gasteiger partial charge in [-0.1, -0.05) is 13.8 Å². The minimum absolute atomic E-state index is 0.220. The van der Waals surface area contributed by atoms with Gasteiger partial charge in [-0.2, -0.15) is 4.31 Å². The predicted octanol–water partition coefficient (Wildman–Crippen LogP) is 2.07. The highest BCUT2D eigenvalue weighted by Gasteiger charge is 2.33. The summed E-state index contributed by atoms with van der Waals surface area (Å²) in [5.74, 6) is -0.0191. The maximum atomic E-state index is 13.8. The Kier molecular flexibility index (Phi) is 3.82. The molecule has 0 aromatic heterocycles. The predicted molar refractivity (Wildman–Crippen MR) is 72.5 cm³/mol. The summed E-state index contributed by atoms with van der Waals surface area (Å²) < 4.78 is 40.0. The molecule has 2 unspecified atom stereocenters. The van der Waals surface area contributed by atoms with Gasteiger partial charge in [0.2, 0.25) is 10.0 Å². The standard InChI is InChI=1S/C13H19FN2O2S/c1-9-5-6-16(8-10(9)2)19(17,18)13-4-3-11(15)7-12(13)14/h3-4,7,9-10H,5-6,8,15H2,1-2H3. The van der Waals surface area contributed by atoms with Crippen LogP contribution < -0.4 is 5.73 Å². The lowest BCUT2D eigenvalue weighted by Crippen LogP contribution is -2.42. The average molecular weight is 286 g/mol. The van der Waals surface area contributed by atoms with Crippen molar-refractivity contribution in [2.24, 2.45) is 11.8 Å². The number of anilines is 1. The lowest BCUT2D eigenvalue weighted by Gasteiger charge is -2.34. The Morgan fingerprint density at radius 3 is 2.58 bits per heavy atom. The van der Waals surface area contributed by atoms with Crippen LogP contribution in [-0.4, -0.2) is 25.8 Å². The number of benzene rings is 1. The van der Waals surface area contributed by atoms with Crippen molar-refractivity contribution in [1.82, 2.24) is 4.31 Å². The Hall–Kier alpha value is -1.14. The minimum atomic E-state index is -3.76. The van der Waals surface area contributed by atoms with E-state index in [1.54, 1.807) is 0 Å². The monoisotopic (exact) mass is 286 g/mol. The van der Waals surface area contributed by atoms with E-state index in [0.717, 1.165) is 12.5 Å². The lowest BCUT2D eigenvalue weighted by molar-refractivity contribution is 0.212. The molecular weight excluding hydrogens is 267 g/mol. The van der Waals surface area contributed by atoms with Crippen molar-refractivity contribution >= 4 is 15.7 Å². The van der Waals surface area contributed by atoms with E-state index in [9.17, 15) is 12.8 Å². The van der Waals surface area contributed by atoms with E-state index in [2.05, 4.69) is 6.92 Å². The molecule has 0 aliphatic carbocycles. The van der Waals surface area contributed by atoms with E-state index in [4.69, 9.17) is 5.73 Å². The fourth-order valence-electron chi connectivity index (χ4n) is 2.31. The van der Waals surface area contributed by atoms with Crippen molar-refractivity contribution in [3.63, 3.8) is 0 Å². The summed E-state index contributed by atoms with van der Waals surface area (Å²) in [4.78, 5) is -0.288. The largest absolute Gasteiger partial charge is 0.399 e. The number of nitrogen functional groups attached to an aromatic ring is 1. The third-order valence-corrected chi connectivity index (χ3v) is 5.77. The summed E-state index contributed by atoms with van der Waals surface area (Å²) >= 11 is 0. The maximum absolute atomic E-state index is 13.8. The zero-order valence-electron chi connectivity index (χ0n) is 11.1. The fraction of sp³-hybridized carbons (Fsp3) is 0.538. The molecule has 106 valence electrons. The number of hydrogen-bond donors (Lipinski definition) is 1. The van der Waals surface area contributed by atoms with Crippen LogP contribution in [-0.2, 0) is 10.0 Å². The van der Waals surface area contributed by atoms with Crippen molar-refractivity contribution < 1.29 is 12.8 Å². The number of rotatable bonds is 2. The number of hydrogen-bond acceptors (Lipinski definition) is 3. The first-order valence-electron chi connectivity index (χ1n) is 6.37. The first-order valence-corrected chi connectivity index (χ1v) is 7.81. The van der Waals surface area contributed by atoms with Gasteiger partial charge in [-0.3, -0.25) is 0 Å². The summed E-state index contributed by atoms with van der Waals surface area (Å²) in [7, 11) is -3.76. The zero-order valence-corrected chi connectivity index (χ0v) is 12.0. The molecule has 0 spiro atoms. The van der Waals surface area contributed by atoms with Crippen molar-refractivity contribution in [3.05, 3.63) is 24.0 Å². The molecule has 1 aliphatic rings. The highest BCUT2D eigenvalue weighted by Crippen LogP contribution is 2.28. The summed E-state index contributed by atoms with van der Waals surface area (Å²) in [6, 6.07) is 3.69. The van der Waals surface area contributed by atoms with E-state index in [1.165, 1.54) is 16.4 Å². The molecule has 1 aromatic carbocycles. The molecule has 19 heavy (non-hydrogen) atoms. The number of sulfonamides is 1. The number of nitrogens with zero attached hydrogens (tertiary/aromatic N) is 1. The van der Waals surface area contributed by atoms with E-state index in [0.29, 0.717) is 19.0 Å². The molecule has 0 radical (unpaired) electrons. The topological polar surface area (TPSA) is 63.4 Å². The highest BCUT2D eigenvalue weighted by molar-refractivity contribution is 7.89. The first kappa shape index (κ1) is 14.3. The Bertz CT molecular complexity index is 574. The van der Waals surface area contributed by atoms with E-state index in [-0.39, 0.29) is 16.5 Å². The van der Waals surface area contributed by atoms with Crippen molar-refractivity contribution in [2.45, 2.75) is 25.2 Å². The van der Waals surface area contributed by atoms with Crippen LogP contribution in [0.1, 0.15) is 20.3 Å². The fourth-order valence-corrected chi connectivity index (χ4v) is 3.91. The van der Waals surface area contributed by atoms with Crippen LogP contribution in [0.3, 0.4) is 0 Å². The van der Waals surface area contributed by atoms with Crippen molar-refractivity contribution in [2.75, 3.05) is 18.8 Å². The van der Waals surface area contributed by atoms with E-state index >= 15 is 0 Å². The summed E-state index contributed by atoms with van der Waals surface area (Å²) in [5.41, 5.74) is 5.66. The third kappa shape index (κ3) is 2.74. The van der Waals surface area contributed by atoms with Gasteiger partial charge in [-0.05, 0) is 36.5 Å². The third-order valence-electron chi connectivity index (χ3n) is 3.87. The normalized spacial score (nSPS) is 25.4. The number of nitrogens with two attached hydrogens (primary N) is 1. The van der Waals surface area contributed by atoms with E-state index < -0.39 is 15.8 Å². The summed E-state index contributed by atoms with van der Waals surface area (Å²) in [6.45, 7) is 5.01. The smallest absolute Gasteiger partial charge is 0.245 e. The quantitative estimate of drug-likeness (QED) is 0.847. The number of piperidine rings is 1. The molecule has 0 saturated carbocycles. The van der Waals surface area contributed by atoms with Gasteiger partial charge in [-0.15, -0.1) is 0 Å². The Labute approximate surface area is 113 Å². The SMILES string of the molecule is CC1CCN(S(=O)(=O)c2ccc(N)cc2F)CC1C. The van der Waals surface area contributed by atoms with Gasteiger partial charge in [0.15, 0.2) is 0 Å². The molecule has 0 bridgehead atoms. The van der Waals surface area contributed by atoms with Gasteiger partial charge in [-0.25, -0.2) is 12.8 Å². The van der Waals surface area contributed by atoms with Gasteiger partial charge in [0.05, 0.1) is 0 Å². The molecule has 4 nitrogen and oxygen atoms in total. The van der Waals surface area contributed by atoms with Gasteiger partial charge < -0.3 is 5.73 Å². The molecule has 1 aromatic rings. The molecule has 2 N–H and O–H groups in total. The van der Waals surface area contributed by atoms with Gasteiger partial charge >= 0.3 is 0 Å². The second-order valence-corrected chi connectivity index (χ2v) is 7.20. The number of halogens is 1. The molecule has 1 saturated heterocycles. The highest BCUT2D eigenvalue weighted by atomic mass is 32.2. The molecule has 6 heteroatoms. The Morgan fingerprint density at radius 1 is 1.32 bits per heavy atom. The van der Waals surface area contributed by atoms with Crippen molar-refractivity contribution in [3.8, 4) is 0 Å². The molecule has 1 fully saturated rings. The molecule has 2 rings (SSSR count). The second-order valence-electron chi connectivity index (χ2n) is 5.30. The average Bonchev–Trinajstić information content (AvgIpc) is 2.32. The van der Waals surface area contributed by atoms with Crippen LogP contribution in [0, 0.1) is 17.7 Å². The van der Waals surface area contributed by atoms with Crippen LogP contribution in [0.4, 0.5) is 10.1 Å². The van der Waals surface area contributed by atoms with Crippen LogP contribution in [0.2, 0.25) is 0 Å².